The lowest BCUT2D eigenvalue weighted by Gasteiger charge is -2.20. The zero-order valence-electron chi connectivity index (χ0n) is 12.8. The third-order valence-electron chi connectivity index (χ3n) is 3.95. The van der Waals surface area contributed by atoms with Crippen LogP contribution in [0.5, 0.6) is 0 Å². The molecule has 4 rings (SSSR count). The summed E-state index contributed by atoms with van der Waals surface area (Å²) in [5.41, 5.74) is 3.31. The van der Waals surface area contributed by atoms with Crippen LogP contribution in [-0.2, 0) is 11.2 Å². The van der Waals surface area contributed by atoms with Gasteiger partial charge in [0.05, 0.1) is 10.9 Å². The number of carbonyl (C=O) groups is 1. The molecule has 0 fully saturated rings. The van der Waals surface area contributed by atoms with Crippen LogP contribution < -0.4 is 10.6 Å². The van der Waals surface area contributed by atoms with E-state index in [0.29, 0.717) is 6.04 Å². The van der Waals surface area contributed by atoms with Crippen molar-refractivity contribution in [1.29, 1.82) is 0 Å². The molecule has 0 aliphatic carbocycles. The summed E-state index contributed by atoms with van der Waals surface area (Å²) in [4.78, 5) is 21.8. The minimum atomic E-state index is -0.0479. The summed E-state index contributed by atoms with van der Waals surface area (Å²) in [6.45, 7) is 4.66. The summed E-state index contributed by atoms with van der Waals surface area (Å²) in [7, 11) is 0. The second-order valence-corrected chi connectivity index (χ2v) is 7.70. The van der Waals surface area contributed by atoms with Crippen LogP contribution in [0.25, 0.3) is 20.8 Å². The first-order valence-corrected chi connectivity index (χ1v) is 9.14. The van der Waals surface area contributed by atoms with Gasteiger partial charge in [-0.05, 0) is 31.5 Å². The van der Waals surface area contributed by atoms with Crippen molar-refractivity contribution < 1.29 is 4.79 Å². The van der Waals surface area contributed by atoms with Crippen molar-refractivity contribution >= 4 is 43.8 Å². The summed E-state index contributed by atoms with van der Waals surface area (Å²) in [6.07, 6.45) is 4.53. The van der Waals surface area contributed by atoms with Crippen LogP contribution in [-0.4, -0.2) is 22.4 Å². The summed E-state index contributed by atoms with van der Waals surface area (Å²) in [5, 5.41) is 8.35. The van der Waals surface area contributed by atoms with E-state index in [-0.39, 0.29) is 5.91 Å². The second kappa shape index (κ2) is 5.67. The molecule has 0 saturated carbocycles. The second-order valence-electron chi connectivity index (χ2n) is 5.62. The Balaban J connectivity index is 1.93. The van der Waals surface area contributed by atoms with Gasteiger partial charge >= 0.3 is 0 Å². The average molecular weight is 344 g/mol. The molecule has 23 heavy (non-hydrogen) atoms. The fourth-order valence-corrected chi connectivity index (χ4v) is 5.35. The number of hydrogen-bond acceptors (Lipinski definition) is 6. The van der Waals surface area contributed by atoms with E-state index in [0.717, 1.165) is 38.8 Å². The van der Waals surface area contributed by atoms with E-state index in [1.54, 1.807) is 42.0 Å². The van der Waals surface area contributed by atoms with Gasteiger partial charge in [-0.1, -0.05) is 0 Å². The molecule has 1 aliphatic heterocycles. The Morgan fingerprint density at radius 1 is 1.43 bits per heavy atom. The van der Waals surface area contributed by atoms with Gasteiger partial charge < -0.3 is 10.6 Å². The number of amides is 1. The van der Waals surface area contributed by atoms with Gasteiger partial charge in [-0.25, -0.2) is 4.98 Å². The molecule has 2 N–H and O–H groups in total. The SMILES string of the molecule is CC(=O)Nc1sc2c(c1-c1nc3cnccc3s1)CCN[C@H]2C. The first-order valence-electron chi connectivity index (χ1n) is 7.51. The number of thiophene rings is 1. The molecule has 0 bridgehead atoms. The molecule has 3 aromatic heterocycles. The number of nitrogens with zero attached hydrogens (tertiary/aromatic N) is 2. The van der Waals surface area contributed by atoms with Gasteiger partial charge in [-0.3, -0.25) is 9.78 Å². The number of carbonyl (C=O) groups excluding carboxylic acids is 1. The molecule has 1 atom stereocenters. The smallest absolute Gasteiger partial charge is 0.221 e. The number of thiazole rings is 1. The van der Waals surface area contributed by atoms with E-state index in [1.165, 1.54) is 10.4 Å². The van der Waals surface area contributed by atoms with E-state index >= 15 is 0 Å². The molecule has 0 spiro atoms. The monoisotopic (exact) mass is 344 g/mol. The Morgan fingerprint density at radius 3 is 3.09 bits per heavy atom. The lowest BCUT2D eigenvalue weighted by molar-refractivity contribution is -0.114. The van der Waals surface area contributed by atoms with Gasteiger partial charge in [0.1, 0.15) is 15.5 Å². The van der Waals surface area contributed by atoms with E-state index in [9.17, 15) is 4.79 Å². The lowest BCUT2D eigenvalue weighted by Crippen LogP contribution is -2.26. The third kappa shape index (κ3) is 2.54. The molecule has 0 saturated heterocycles. The van der Waals surface area contributed by atoms with Crippen molar-refractivity contribution in [2.24, 2.45) is 0 Å². The maximum absolute atomic E-state index is 11.6. The third-order valence-corrected chi connectivity index (χ3v) is 6.33. The molecule has 118 valence electrons. The van der Waals surface area contributed by atoms with Gasteiger partial charge in [0.2, 0.25) is 5.91 Å². The van der Waals surface area contributed by atoms with Crippen molar-refractivity contribution in [3.8, 4) is 10.6 Å². The highest BCUT2D eigenvalue weighted by Crippen LogP contribution is 2.46. The van der Waals surface area contributed by atoms with E-state index in [2.05, 4.69) is 22.5 Å². The highest BCUT2D eigenvalue weighted by molar-refractivity contribution is 7.23. The van der Waals surface area contributed by atoms with Crippen LogP contribution in [0.3, 0.4) is 0 Å². The quantitative estimate of drug-likeness (QED) is 0.745. The maximum Gasteiger partial charge on any atom is 0.221 e. The molecule has 5 nitrogen and oxygen atoms in total. The highest BCUT2D eigenvalue weighted by Gasteiger charge is 2.27. The fraction of sp³-hybridized carbons (Fsp3) is 0.312. The molecule has 0 radical (unpaired) electrons. The van der Waals surface area contributed by atoms with Crippen molar-refractivity contribution in [3.05, 3.63) is 28.9 Å². The largest absolute Gasteiger partial charge is 0.317 e. The zero-order chi connectivity index (χ0) is 16.0. The first-order chi connectivity index (χ1) is 11.1. The predicted molar refractivity (Wildman–Crippen MR) is 95.2 cm³/mol. The molecular weight excluding hydrogens is 328 g/mol. The van der Waals surface area contributed by atoms with Crippen LogP contribution in [0.4, 0.5) is 5.00 Å². The van der Waals surface area contributed by atoms with Gasteiger partial charge in [-0.15, -0.1) is 22.7 Å². The first kappa shape index (κ1) is 14.7. The molecule has 1 amide bonds. The highest BCUT2D eigenvalue weighted by atomic mass is 32.1. The van der Waals surface area contributed by atoms with Gasteiger partial charge in [-0.2, -0.15) is 0 Å². The normalized spacial score (nSPS) is 17.2. The number of anilines is 1. The number of aromatic nitrogens is 2. The van der Waals surface area contributed by atoms with E-state index in [1.807, 2.05) is 6.07 Å². The van der Waals surface area contributed by atoms with Crippen molar-refractivity contribution in [2.45, 2.75) is 26.3 Å². The van der Waals surface area contributed by atoms with Crippen LogP contribution in [0.15, 0.2) is 18.5 Å². The maximum atomic E-state index is 11.6. The fourth-order valence-electron chi connectivity index (χ4n) is 2.95. The number of fused-ring (bicyclic) bond motifs is 2. The lowest BCUT2D eigenvalue weighted by atomic mass is 10.0. The number of rotatable bonds is 2. The standard InChI is InChI=1S/C16H16N4OS2/c1-8-14-10(3-6-18-8)13(15(23-14)19-9(2)21)16-20-11-7-17-5-4-12(11)22-16/h4-5,7-8,18H,3,6H2,1-2H3,(H,19,21)/t8-/m0/s1. The molecule has 3 aromatic rings. The molecule has 0 unspecified atom stereocenters. The van der Waals surface area contributed by atoms with Gasteiger partial charge in [0.15, 0.2) is 0 Å². The number of pyridine rings is 1. The Morgan fingerprint density at radius 2 is 2.30 bits per heavy atom. The molecule has 7 heteroatoms. The van der Waals surface area contributed by atoms with Crippen molar-refractivity contribution in [2.75, 3.05) is 11.9 Å². The molecule has 4 heterocycles. The average Bonchev–Trinajstić information content (AvgIpc) is 3.07. The molecule has 0 aromatic carbocycles. The Kier molecular flexibility index (Phi) is 3.63. The zero-order valence-corrected chi connectivity index (χ0v) is 14.5. The van der Waals surface area contributed by atoms with Crippen LogP contribution in [0.2, 0.25) is 0 Å². The Bertz CT molecular complexity index is 866. The van der Waals surface area contributed by atoms with Crippen LogP contribution in [0.1, 0.15) is 30.3 Å². The minimum absolute atomic E-state index is 0.0479. The van der Waals surface area contributed by atoms with Crippen molar-refractivity contribution in [1.82, 2.24) is 15.3 Å². The number of hydrogen-bond donors (Lipinski definition) is 2. The molecular formula is C16H16N4OS2. The van der Waals surface area contributed by atoms with Gasteiger partial charge in [0, 0.05) is 29.6 Å². The minimum Gasteiger partial charge on any atom is -0.317 e. The van der Waals surface area contributed by atoms with Crippen LogP contribution in [0, 0.1) is 0 Å². The Labute approximate surface area is 141 Å². The Hall–Kier alpha value is -1.83. The molecule has 1 aliphatic rings. The van der Waals surface area contributed by atoms with Crippen LogP contribution >= 0.6 is 22.7 Å². The van der Waals surface area contributed by atoms with E-state index in [4.69, 9.17) is 4.98 Å². The topological polar surface area (TPSA) is 66.9 Å². The summed E-state index contributed by atoms with van der Waals surface area (Å²) < 4.78 is 1.12. The van der Waals surface area contributed by atoms with Gasteiger partial charge in [0.25, 0.3) is 0 Å². The van der Waals surface area contributed by atoms with Crippen molar-refractivity contribution in [3.63, 3.8) is 0 Å². The summed E-state index contributed by atoms with van der Waals surface area (Å²) in [6, 6.07) is 2.29. The predicted octanol–water partition coefficient (Wildman–Crippen LogP) is 3.58. The summed E-state index contributed by atoms with van der Waals surface area (Å²) in [5.74, 6) is -0.0479. The van der Waals surface area contributed by atoms with E-state index < -0.39 is 0 Å². The number of nitrogens with one attached hydrogen (secondary N) is 2. The summed E-state index contributed by atoms with van der Waals surface area (Å²) >= 11 is 3.31.